The predicted molar refractivity (Wildman–Crippen MR) is 66.6 cm³/mol. The number of halogens is 2. The minimum Gasteiger partial charge on any atom is -0.397 e. The van der Waals surface area contributed by atoms with E-state index in [9.17, 15) is 4.39 Å². The lowest BCUT2D eigenvalue weighted by atomic mass is 10.2. The van der Waals surface area contributed by atoms with Crippen molar-refractivity contribution in [1.82, 2.24) is 10.1 Å². The van der Waals surface area contributed by atoms with Gasteiger partial charge < -0.3 is 21.3 Å². The number of nitrogens with two attached hydrogens (primary N) is 2. The van der Waals surface area contributed by atoms with Gasteiger partial charge in [0, 0.05) is 6.92 Å². The van der Waals surface area contributed by atoms with Crippen LogP contribution in [0.1, 0.15) is 11.7 Å². The van der Waals surface area contributed by atoms with Crippen LogP contribution in [0.4, 0.5) is 21.5 Å². The molecule has 0 radical (unpaired) electrons. The van der Waals surface area contributed by atoms with Crippen LogP contribution in [0, 0.1) is 12.7 Å². The van der Waals surface area contributed by atoms with Crippen LogP contribution < -0.4 is 16.8 Å². The van der Waals surface area contributed by atoms with Crippen molar-refractivity contribution < 1.29 is 8.91 Å². The molecule has 0 fully saturated rings. The van der Waals surface area contributed by atoms with Crippen molar-refractivity contribution in [3.63, 3.8) is 0 Å². The largest absolute Gasteiger partial charge is 0.397 e. The highest BCUT2D eigenvalue weighted by Crippen LogP contribution is 2.33. The highest BCUT2D eigenvalue weighted by Gasteiger charge is 2.14. The molecule has 0 spiro atoms. The summed E-state index contributed by atoms with van der Waals surface area (Å²) < 4.78 is 18.6. The SMILES string of the molecule is Cc1nc(CNc2c(N)cc(N)c(Cl)c2F)no1. The van der Waals surface area contributed by atoms with Gasteiger partial charge in [-0.1, -0.05) is 16.8 Å². The van der Waals surface area contributed by atoms with Crippen LogP contribution in [0.2, 0.25) is 5.02 Å². The molecule has 8 heteroatoms. The second-order valence-corrected chi connectivity index (χ2v) is 4.02. The standard InChI is InChI=1S/C10H11ClFN5O/c1-4-16-7(17-18-4)3-15-10-6(14)2-5(13)8(11)9(10)12/h2,15H,3,13-14H2,1H3. The van der Waals surface area contributed by atoms with Crippen LogP contribution in [-0.4, -0.2) is 10.1 Å². The summed E-state index contributed by atoms with van der Waals surface area (Å²) in [5, 5.41) is 6.24. The van der Waals surface area contributed by atoms with Gasteiger partial charge in [-0.25, -0.2) is 4.39 Å². The first-order valence-electron chi connectivity index (χ1n) is 5.05. The van der Waals surface area contributed by atoms with Crippen molar-refractivity contribution in [2.24, 2.45) is 0 Å². The van der Waals surface area contributed by atoms with Gasteiger partial charge in [0.15, 0.2) is 11.6 Å². The van der Waals surface area contributed by atoms with Crippen LogP contribution >= 0.6 is 11.6 Å². The summed E-state index contributed by atoms with van der Waals surface area (Å²) >= 11 is 5.70. The molecule has 96 valence electrons. The summed E-state index contributed by atoms with van der Waals surface area (Å²) in [6, 6.07) is 1.38. The zero-order valence-electron chi connectivity index (χ0n) is 9.50. The Bertz CT molecular complexity index is 586. The van der Waals surface area contributed by atoms with Crippen molar-refractivity contribution in [3.05, 3.63) is 28.6 Å². The van der Waals surface area contributed by atoms with Crippen LogP contribution in [0.5, 0.6) is 0 Å². The molecule has 0 amide bonds. The number of aryl methyl sites for hydroxylation is 1. The smallest absolute Gasteiger partial charge is 0.223 e. The van der Waals surface area contributed by atoms with E-state index in [1.54, 1.807) is 6.92 Å². The molecule has 1 heterocycles. The number of nitrogen functional groups attached to an aromatic ring is 2. The summed E-state index contributed by atoms with van der Waals surface area (Å²) in [5.41, 5.74) is 11.5. The van der Waals surface area contributed by atoms with Gasteiger partial charge >= 0.3 is 0 Å². The maximum atomic E-state index is 13.8. The van der Waals surface area contributed by atoms with Crippen LogP contribution in [0.25, 0.3) is 0 Å². The summed E-state index contributed by atoms with van der Waals surface area (Å²) in [7, 11) is 0. The lowest BCUT2D eigenvalue weighted by molar-refractivity contribution is 0.388. The normalized spacial score (nSPS) is 10.6. The van der Waals surface area contributed by atoms with E-state index >= 15 is 0 Å². The molecule has 18 heavy (non-hydrogen) atoms. The quantitative estimate of drug-likeness (QED) is 0.737. The third kappa shape index (κ3) is 2.30. The van der Waals surface area contributed by atoms with Crippen molar-refractivity contribution in [1.29, 1.82) is 0 Å². The van der Waals surface area contributed by atoms with Crippen LogP contribution in [0.3, 0.4) is 0 Å². The van der Waals surface area contributed by atoms with E-state index in [-0.39, 0.29) is 28.6 Å². The van der Waals surface area contributed by atoms with E-state index in [1.165, 1.54) is 6.07 Å². The molecule has 1 aromatic carbocycles. The molecule has 0 aliphatic rings. The lowest BCUT2D eigenvalue weighted by Crippen LogP contribution is -2.07. The van der Waals surface area contributed by atoms with Crippen LogP contribution in [0.15, 0.2) is 10.6 Å². The van der Waals surface area contributed by atoms with E-state index in [0.29, 0.717) is 11.7 Å². The minimum absolute atomic E-state index is 0.0663. The average molecular weight is 272 g/mol. The molecule has 2 rings (SSSR count). The number of anilines is 3. The average Bonchev–Trinajstić information content (AvgIpc) is 2.72. The Morgan fingerprint density at radius 1 is 1.44 bits per heavy atom. The molecule has 6 nitrogen and oxygen atoms in total. The Hall–Kier alpha value is -2.02. The van der Waals surface area contributed by atoms with E-state index in [0.717, 1.165) is 0 Å². The summed E-state index contributed by atoms with van der Waals surface area (Å²) in [6.07, 6.45) is 0. The Morgan fingerprint density at radius 2 is 2.17 bits per heavy atom. The Kier molecular flexibility index (Phi) is 3.24. The van der Waals surface area contributed by atoms with Crippen molar-refractivity contribution in [2.45, 2.75) is 13.5 Å². The molecule has 0 atom stereocenters. The summed E-state index contributed by atoms with van der Waals surface area (Å²) in [4.78, 5) is 3.96. The number of nitrogens with zero attached hydrogens (tertiary/aromatic N) is 2. The number of rotatable bonds is 3. The molecule has 0 saturated carbocycles. The highest BCUT2D eigenvalue weighted by atomic mass is 35.5. The molecule has 2 aromatic rings. The maximum Gasteiger partial charge on any atom is 0.223 e. The second kappa shape index (κ2) is 4.69. The van der Waals surface area contributed by atoms with Gasteiger partial charge in [0.25, 0.3) is 0 Å². The Labute approximate surface area is 107 Å². The fourth-order valence-electron chi connectivity index (χ4n) is 1.43. The first-order chi connectivity index (χ1) is 8.49. The first kappa shape index (κ1) is 12.4. The number of hydrogen-bond donors (Lipinski definition) is 3. The molecule has 5 N–H and O–H groups in total. The molecule has 0 bridgehead atoms. The molecule has 0 aliphatic carbocycles. The Balaban J connectivity index is 2.22. The number of nitrogens with one attached hydrogen (secondary N) is 1. The molecule has 0 unspecified atom stereocenters. The number of aromatic nitrogens is 2. The fraction of sp³-hybridized carbons (Fsp3) is 0.200. The number of hydrogen-bond acceptors (Lipinski definition) is 6. The second-order valence-electron chi connectivity index (χ2n) is 3.64. The zero-order chi connectivity index (χ0) is 13.3. The van der Waals surface area contributed by atoms with Crippen LogP contribution in [-0.2, 0) is 6.54 Å². The molecular formula is C10H11ClFN5O. The van der Waals surface area contributed by atoms with Gasteiger partial charge in [-0.05, 0) is 6.07 Å². The molecule has 1 aromatic heterocycles. The van der Waals surface area contributed by atoms with Gasteiger partial charge in [0.2, 0.25) is 5.89 Å². The van der Waals surface area contributed by atoms with Crippen molar-refractivity contribution in [2.75, 3.05) is 16.8 Å². The number of benzene rings is 1. The molecular weight excluding hydrogens is 261 g/mol. The minimum atomic E-state index is -0.700. The van der Waals surface area contributed by atoms with Gasteiger partial charge in [-0.3, -0.25) is 0 Å². The van der Waals surface area contributed by atoms with Crippen molar-refractivity contribution >= 4 is 28.7 Å². The predicted octanol–water partition coefficient (Wildman–Crippen LogP) is 1.95. The third-order valence-corrected chi connectivity index (χ3v) is 2.64. The topological polar surface area (TPSA) is 103 Å². The van der Waals surface area contributed by atoms with E-state index < -0.39 is 5.82 Å². The monoisotopic (exact) mass is 271 g/mol. The summed E-state index contributed by atoms with van der Waals surface area (Å²) in [6.45, 7) is 1.82. The van der Waals surface area contributed by atoms with E-state index in [1.807, 2.05) is 0 Å². The van der Waals surface area contributed by atoms with Gasteiger partial charge in [0.05, 0.1) is 23.6 Å². The highest BCUT2D eigenvalue weighted by molar-refractivity contribution is 6.33. The van der Waals surface area contributed by atoms with E-state index in [2.05, 4.69) is 15.5 Å². The maximum absolute atomic E-state index is 13.8. The fourth-order valence-corrected chi connectivity index (χ4v) is 1.58. The summed E-state index contributed by atoms with van der Waals surface area (Å²) in [5.74, 6) is 0.115. The third-order valence-electron chi connectivity index (χ3n) is 2.26. The van der Waals surface area contributed by atoms with Crippen molar-refractivity contribution in [3.8, 4) is 0 Å². The Morgan fingerprint density at radius 3 is 2.78 bits per heavy atom. The van der Waals surface area contributed by atoms with Gasteiger partial charge in [0.1, 0.15) is 5.02 Å². The zero-order valence-corrected chi connectivity index (χ0v) is 10.3. The van der Waals surface area contributed by atoms with Gasteiger partial charge in [-0.15, -0.1) is 0 Å². The molecule has 0 aliphatic heterocycles. The first-order valence-corrected chi connectivity index (χ1v) is 5.43. The van der Waals surface area contributed by atoms with E-state index in [4.69, 9.17) is 27.6 Å². The molecule has 0 saturated heterocycles. The lowest BCUT2D eigenvalue weighted by Gasteiger charge is -2.11. The van der Waals surface area contributed by atoms with Gasteiger partial charge in [-0.2, -0.15) is 4.98 Å².